The van der Waals surface area contributed by atoms with Crippen molar-refractivity contribution in [2.24, 2.45) is 24.8 Å². The first kappa shape index (κ1) is 20.7. The number of hydrogen-bond donors (Lipinski definition) is 1. The third kappa shape index (κ3) is 2.92. The molecule has 158 valence electrons. The number of piperidine rings is 1. The van der Waals surface area contributed by atoms with Crippen molar-refractivity contribution in [1.29, 1.82) is 0 Å². The molecule has 0 bridgehead atoms. The summed E-state index contributed by atoms with van der Waals surface area (Å²) in [5.41, 5.74) is 5.77. The van der Waals surface area contributed by atoms with E-state index in [-0.39, 0.29) is 11.6 Å². The third-order valence-electron chi connectivity index (χ3n) is 8.17. The van der Waals surface area contributed by atoms with E-state index in [1.807, 2.05) is 13.8 Å². The lowest BCUT2D eigenvalue weighted by molar-refractivity contribution is -0.0665. The van der Waals surface area contributed by atoms with Crippen LogP contribution in [-0.2, 0) is 19.0 Å². The van der Waals surface area contributed by atoms with E-state index < -0.39 is 0 Å². The van der Waals surface area contributed by atoms with E-state index in [2.05, 4.69) is 67.6 Å². The topological polar surface area (TPSA) is 28.4 Å². The number of para-hydroxylation sites is 1. The minimum absolute atomic E-state index is 0.0733. The SMILES string of the molecule is C/C=C1\CC2CN3CCc4c(n(C)c5ccccc45)[C@]3(C)CC2[C@@H](C)C1O.CC. The lowest BCUT2D eigenvalue weighted by atomic mass is 9.61. The van der Waals surface area contributed by atoms with Gasteiger partial charge in [-0.1, -0.05) is 45.0 Å². The van der Waals surface area contributed by atoms with E-state index in [4.69, 9.17) is 0 Å². The molecule has 3 heteroatoms. The van der Waals surface area contributed by atoms with Crippen LogP contribution in [-0.4, -0.2) is 33.8 Å². The zero-order valence-corrected chi connectivity index (χ0v) is 19.1. The lowest BCUT2D eigenvalue weighted by Crippen LogP contribution is -2.59. The predicted octanol–water partition coefficient (Wildman–Crippen LogP) is 5.26. The smallest absolute Gasteiger partial charge is 0.0778 e. The first-order valence-electron chi connectivity index (χ1n) is 11.6. The number of fused-ring (bicyclic) bond motifs is 6. The van der Waals surface area contributed by atoms with Crippen LogP contribution in [0.3, 0.4) is 0 Å². The van der Waals surface area contributed by atoms with Crippen LogP contribution < -0.4 is 0 Å². The molecule has 3 nitrogen and oxygen atoms in total. The molecule has 1 aromatic heterocycles. The van der Waals surface area contributed by atoms with Gasteiger partial charge in [0, 0.05) is 36.7 Å². The van der Waals surface area contributed by atoms with Gasteiger partial charge in [-0.05, 0) is 68.1 Å². The van der Waals surface area contributed by atoms with E-state index in [1.54, 1.807) is 5.56 Å². The molecule has 2 fully saturated rings. The van der Waals surface area contributed by atoms with Gasteiger partial charge in [-0.2, -0.15) is 0 Å². The molecular weight excluding hydrogens is 356 g/mol. The minimum Gasteiger partial charge on any atom is -0.388 e. The molecular formula is C26H38N2O. The van der Waals surface area contributed by atoms with E-state index in [9.17, 15) is 5.11 Å². The second-order valence-electron chi connectivity index (χ2n) is 9.37. The molecule has 29 heavy (non-hydrogen) atoms. The highest BCUT2D eigenvalue weighted by molar-refractivity contribution is 5.86. The molecule has 3 heterocycles. The number of aryl methyl sites for hydroxylation is 1. The number of allylic oxidation sites excluding steroid dienone is 1. The lowest BCUT2D eigenvalue weighted by Gasteiger charge is -2.57. The second kappa shape index (κ2) is 7.59. The standard InChI is InChI=1S/C24H32N2O.C2H6/c1-5-16-12-17-14-26-11-10-19-18-8-6-7-9-21(18)25(4)23(19)24(26,3)13-20(17)15(2)22(16)27;1-2/h5-9,15,17,20,22,27H,10-14H2,1-4H3;1-2H3/b16-5+;/t15-,17?,20?,22?,24+;/m1./s1. The average Bonchev–Trinajstić information content (AvgIpc) is 3.05. The molecule has 0 spiro atoms. The number of benzene rings is 1. The molecule has 2 aromatic rings. The van der Waals surface area contributed by atoms with Crippen molar-refractivity contribution in [1.82, 2.24) is 9.47 Å². The molecule has 5 atom stereocenters. The number of aromatic nitrogens is 1. The summed E-state index contributed by atoms with van der Waals surface area (Å²) in [6.45, 7) is 13.1. The van der Waals surface area contributed by atoms with Crippen LogP contribution in [0.2, 0.25) is 0 Å². The summed E-state index contributed by atoms with van der Waals surface area (Å²) in [6, 6.07) is 8.89. The van der Waals surface area contributed by atoms with Crippen molar-refractivity contribution in [3.05, 3.63) is 47.2 Å². The van der Waals surface area contributed by atoms with Gasteiger partial charge in [0.25, 0.3) is 0 Å². The summed E-state index contributed by atoms with van der Waals surface area (Å²) >= 11 is 0. The van der Waals surface area contributed by atoms with Crippen LogP contribution in [0, 0.1) is 17.8 Å². The molecule has 1 saturated carbocycles. The predicted molar refractivity (Wildman–Crippen MR) is 122 cm³/mol. The molecule has 3 aliphatic rings. The maximum atomic E-state index is 10.8. The number of nitrogens with zero attached hydrogens (tertiary/aromatic N) is 2. The van der Waals surface area contributed by atoms with Gasteiger partial charge >= 0.3 is 0 Å². The van der Waals surface area contributed by atoms with E-state index in [1.165, 1.54) is 22.2 Å². The van der Waals surface area contributed by atoms with Gasteiger partial charge in [0.2, 0.25) is 0 Å². The van der Waals surface area contributed by atoms with Gasteiger partial charge in [-0.25, -0.2) is 0 Å². The Hall–Kier alpha value is -1.58. The summed E-state index contributed by atoms with van der Waals surface area (Å²) in [5.74, 6) is 1.61. The highest BCUT2D eigenvalue weighted by atomic mass is 16.3. The van der Waals surface area contributed by atoms with Crippen LogP contribution in [0.5, 0.6) is 0 Å². The van der Waals surface area contributed by atoms with Gasteiger partial charge < -0.3 is 9.67 Å². The summed E-state index contributed by atoms with van der Waals surface area (Å²) in [6.07, 6.45) is 5.27. The Morgan fingerprint density at radius 2 is 1.93 bits per heavy atom. The Balaban J connectivity index is 0.000000994. The largest absolute Gasteiger partial charge is 0.388 e. The second-order valence-corrected chi connectivity index (χ2v) is 9.37. The highest BCUT2D eigenvalue weighted by Gasteiger charge is 2.52. The van der Waals surface area contributed by atoms with E-state index >= 15 is 0 Å². The molecule has 0 radical (unpaired) electrons. The summed E-state index contributed by atoms with van der Waals surface area (Å²) in [7, 11) is 2.25. The third-order valence-corrected chi connectivity index (χ3v) is 8.17. The van der Waals surface area contributed by atoms with Crippen LogP contribution >= 0.6 is 0 Å². The molecule has 5 rings (SSSR count). The summed E-state index contributed by atoms with van der Waals surface area (Å²) in [5, 5.41) is 12.3. The van der Waals surface area contributed by atoms with Crippen LogP contribution in [0.4, 0.5) is 0 Å². The average molecular weight is 395 g/mol. The fourth-order valence-electron chi connectivity index (χ4n) is 6.73. The minimum atomic E-state index is -0.262. The normalized spacial score (nSPS) is 35.5. The van der Waals surface area contributed by atoms with E-state index in [0.29, 0.717) is 17.8 Å². The van der Waals surface area contributed by atoms with Crippen molar-refractivity contribution in [2.45, 2.75) is 65.5 Å². The highest BCUT2D eigenvalue weighted by Crippen LogP contribution is 2.53. The van der Waals surface area contributed by atoms with Crippen molar-refractivity contribution >= 4 is 10.9 Å². The van der Waals surface area contributed by atoms with Crippen molar-refractivity contribution < 1.29 is 5.11 Å². The van der Waals surface area contributed by atoms with Gasteiger partial charge in [-0.15, -0.1) is 0 Å². The van der Waals surface area contributed by atoms with E-state index in [0.717, 1.165) is 32.4 Å². The molecule has 1 aromatic carbocycles. The van der Waals surface area contributed by atoms with Crippen molar-refractivity contribution in [2.75, 3.05) is 13.1 Å². The van der Waals surface area contributed by atoms with Crippen LogP contribution in [0.25, 0.3) is 10.9 Å². The van der Waals surface area contributed by atoms with Crippen LogP contribution in [0.1, 0.15) is 58.7 Å². The molecule has 1 aliphatic carbocycles. The quantitative estimate of drug-likeness (QED) is 0.617. The zero-order chi connectivity index (χ0) is 20.9. The Labute approximate surface area is 176 Å². The zero-order valence-electron chi connectivity index (χ0n) is 19.1. The molecule has 2 aliphatic heterocycles. The molecule has 3 unspecified atom stereocenters. The Morgan fingerprint density at radius 1 is 1.21 bits per heavy atom. The molecule has 1 saturated heterocycles. The van der Waals surface area contributed by atoms with Gasteiger partial charge in [0.05, 0.1) is 11.6 Å². The van der Waals surface area contributed by atoms with Gasteiger partial charge in [-0.3, -0.25) is 4.90 Å². The fraction of sp³-hybridized carbons (Fsp3) is 0.615. The maximum absolute atomic E-state index is 10.8. The first-order valence-corrected chi connectivity index (χ1v) is 11.6. The number of hydrogen-bond acceptors (Lipinski definition) is 2. The first-order chi connectivity index (χ1) is 14.0. The summed E-state index contributed by atoms with van der Waals surface area (Å²) < 4.78 is 2.46. The Morgan fingerprint density at radius 3 is 2.66 bits per heavy atom. The molecule has 1 N–H and O–H groups in total. The van der Waals surface area contributed by atoms with Crippen LogP contribution in [0.15, 0.2) is 35.9 Å². The maximum Gasteiger partial charge on any atom is 0.0778 e. The summed E-state index contributed by atoms with van der Waals surface area (Å²) in [4.78, 5) is 2.76. The Bertz CT molecular complexity index is 926. The monoisotopic (exact) mass is 394 g/mol. The molecule has 0 amide bonds. The van der Waals surface area contributed by atoms with Gasteiger partial charge in [0.15, 0.2) is 0 Å². The number of aliphatic hydroxyl groups excluding tert-OH is 1. The fourth-order valence-corrected chi connectivity index (χ4v) is 6.73. The van der Waals surface area contributed by atoms with Crippen molar-refractivity contribution in [3.63, 3.8) is 0 Å². The Kier molecular flexibility index (Phi) is 5.41. The van der Waals surface area contributed by atoms with Gasteiger partial charge in [0.1, 0.15) is 0 Å². The van der Waals surface area contributed by atoms with Crippen molar-refractivity contribution in [3.8, 4) is 0 Å². The number of rotatable bonds is 0. The number of aliphatic hydroxyl groups is 1.